The van der Waals surface area contributed by atoms with Gasteiger partial charge >= 0.3 is 5.97 Å². The Bertz CT molecular complexity index is 383. The van der Waals surface area contributed by atoms with Gasteiger partial charge < -0.3 is 10.8 Å². The van der Waals surface area contributed by atoms with Crippen LogP contribution >= 0.6 is 28.3 Å². The molecule has 5 heteroatoms. The number of unbranched alkanes of at least 4 members (excludes halogenated alkanes) is 1. The SMILES string of the molecule is CCCC[C@@](N)(Cc1ccc(Br)cc1)C(=O)O.Cl. The quantitative estimate of drug-likeness (QED) is 0.837. The van der Waals surface area contributed by atoms with E-state index in [9.17, 15) is 9.90 Å². The minimum Gasteiger partial charge on any atom is -0.480 e. The molecule has 0 spiro atoms. The highest BCUT2D eigenvalue weighted by Gasteiger charge is 2.33. The lowest BCUT2D eigenvalue weighted by Crippen LogP contribution is -2.49. The van der Waals surface area contributed by atoms with Crippen molar-refractivity contribution in [2.45, 2.75) is 38.1 Å². The van der Waals surface area contributed by atoms with Crippen LogP contribution in [-0.4, -0.2) is 16.6 Å². The number of aliphatic carboxylic acids is 1. The second-order valence-corrected chi connectivity index (χ2v) is 5.28. The molecule has 0 aliphatic carbocycles. The summed E-state index contributed by atoms with van der Waals surface area (Å²) in [6.45, 7) is 2.03. The summed E-state index contributed by atoms with van der Waals surface area (Å²) in [7, 11) is 0. The molecule has 0 saturated heterocycles. The fraction of sp³-hybridized carbons (Fsp3) is 0.462. The number of hydrogen-bond acceptors (Lipinski definition) is 2. The van der Waals surface area contributed by atoms with Crippen LogP contribution in [0, 0.1) is 0 Å². The van der Waals surface area contributed by atoms with Crippen molar-refractivity contribution in [3.63, 3.8) is 0 Å². The van der Waals surface area contributed by atoms with Gasteiger partial charge in [0.25, 0.3) is 0 Å². The Morgan fingerprint density at radius 1 is 1.39 bits per heavy atom. The van der Waals surface area contributed by atoms with E-state index in [1.165, 1.54) is 0 Å². The number of rotatable bonds is 6. The van der Waals surface area contributed by atoms with Crippen LogP contribution < -0.4 is 5.73 Å². The molecule has 1 atom stereocenters. The van der Waals surface area contributed by atoms with Crippen molar-refractivity contribution in [1.29, 1.82) is 0 Å². The summed E-state index contributed by atoms with van der Waals surface area (Å²) in [5, 5.41) is 9.24. The van der Waals surface area contributed by atoms with Gasteiger partial charge in [-0.3, -0.25) is 4.79 Å². The molecular formula is C13H19BrClNO2. The third kappa shape index (κ3) is 4.96. The monoisotopic (exact) mass is 335 g/mol. The highest BCUT2D eigenvalue weighted by atomic mass is 79.9. The van der Waals surface area contributed by atoms with Gasteiger partial charge in [-0.15, -0.1) is 12.4 Å². The van der Waals surface area contributed by atoms with Gasteiger partial charge in [-0.2, -0.15) is 0 Å². The lowest BCUT2D eigenvalue weighted by atomic mass is 9.87. The Kier molecular flexibility index (Phi) is 7.52. The normalized spacial score (nSPS) is 13.5. The number of carboxylic acids is 1. The topological polar surface area (TPSA) is 63.3 Å². The predicted molar refractivity (Wildman–Crippen MR) is 79.2 cm³/mol. The van der Waals surface area contributed by atoms with E-state index in [1.807, 2.05) is 31.2 Å². The van der Waals surface area contributed by atoms with Crippen molar-refractivity contribution >= 4 is 34.3 Å². The maximum absolute atomic E-state index is 11.3. The van der Waals surface area contributed by atoms with E-state index < -0.39 is 11.5 Å². The van der Waals surface area contributed by atoms with Crippen molar-refractivity contribution in [3.05, 3.63) is 34.3 Å². The summed E-state index contributed by atoms with van der Waals surface area (Å²) in [5.41, 5.74) is 5.79. The van der Waals surface area contributed by atoms with Crippen molar-refractivity contribution in [2.75, 3.05) is 0 Å². The Morgan fingerprint density at radius 3 is 2.39 bits per heavy atom. The number of halogens is 2. The number of carbonyl (C=O) groups is 1. The van der Waals surface area contributed by atoms with Crippen LogP contribution in [0.4, 0.5) is 0 Å². The molecule has 0 amide bonds. The molecule has 0 radical (unpaired) electrons. The van der Waals surface area contributed by atoms with Gasteiger partial charge in [0.15, 0.2) is 0 Å². The summed E-state index contributed by atoms with van der Waals surface area (Å²) in [6, 6.07) is 7.61. The van der Waals surface area contributed by atoms with Crippen molar-refractivity contribution < 1.29 is 9.90 Å². The summed E-state index contributed by atoms with van der Waals surface area (Å²) in [5.74, 6) is -0.922. The summed E-state index contributed by atoms with van der Waals surface area (Å²) in [4.78, 5) is 11.3. The van der Waals surface area contributed by atoms with Crippen molar-refractivity contribution in [2.24, 2.45) is 5.73 Å². The molecule has 0 bridgehead atoms. The van der Waals surface area contributed by atoms with Crippen LogP contribution in [0.25, 0.3) is 0 Å². The van der Waals surface area contributed by atoms with E-state index in [0.29, 0.717) is 12.8 Å². The van der Waals surface area contributed by atoms with E-state index >= 15 is 0 Å². The minimum absolute atomic E-state index is 0. The number of benzene rings is 1. The molecule has 0 aliphatic heterocycles. The summed E-state index contributed by atoms with van der Waals surface area (Å²) >= 11 is 3.35. The average Bonchev–Trinajstić information content (AvgIpc) is 2.29. The molecule has 0 unspecified atom stereocenters. The first-order valence-corrected chi connectivity index (χ1v) is 6.54. The van der Waals surface area contributed by atoms with E-state index in [0.717, 1.165) is 22.9 Å². The van der Waals surface area contributed by atoms with E-state index in [1.54, 1.807) is 0 Å². The van der Waals surface area contributed by atoms with Crippen molar-refractivity contribution in [1.82, 2.24) is 0 Å². The summed E-state index contributed by atoms with van der Waals surface area (Å²) < 4.78 is 0.979. The lowest BCUT2D eigenvalue weighted by molar-refractivity contribution is -0.143. The van der Waals surface area contributed by atoms with Gasteiger partial charge in [-0.1, -0.05) is 47.8 Å². The fourth-order valence-electron chi connectivity index (χ4n) is 1.73. The number of carboxylic acid groups (broad SMARTS) is 1. The smallest absolute Gasteiger partial charge is 0.324 e. The molecule has 3 N–H and O–H groups in total. The molecule has 1 rings (SSSR count). The molecule has 0 heterocycles. The summed E-state index contributed by atoms with van der Waals surface area (Å²) in [6.07, 6.45) is 2.66. The maximum atomic E-state index is 11.3. The fourth-order valence-corrected chi connectivity index (χ4v) is 1.99. The average molecular weight is 337 g/mol. The zero-order valence-electron chi connectivity index (χ0n) is 10.4. The zero-order chi connectivity index (χ0) is 12.9. The standard InChI is InChI=1S/C13H18BrNO2.ClH/c1-2-3-8-13(15,12(16)17)9-10-4-6-11(14)7-5-10;/h4-7H,2-3,8-9,15H2,1H3,(H,16,17);1H/t13-;/m1./s1. The van der Waals surface area contributed by atoms with Gasteiger partial charge in [0.05, 0.1) is 0 Å². The van der Waals surface area contributed by atoms with Crippen LogP contribution in [0.2, 0.25) is 0 Å². The minimum atomic E-state index is -1.15. The van der Waals surface area contributed by atoms with Crippen LogP contribution in [-0.2, 0) is 11.2 Å². The van der Waals surface area contributed by atoms with Gasteiger partial charge in [0.1, 0.15) is 5.54 Å². The number of nitrogens with two attached hydrogens (primary N) is 1. The Labute approximate surface area is 122 Å². The molecule has 0 saturated carbocycles. The van der Waals surface area contributed by atoms with Crippen LogP contribution in [0.15, 0.2) is 28.7 Å². The van der Waals surface area contributed by atoms with E-state index in [4.69, 9.17) is 5.73 Å². The van der Waals surface area contributed by atoms with Gasteiger partial charge in [-0.25, -0.2) is 0 Å². The second kappa shape index (κ2) is 7.77. The molecule has 1 aromatic carbocycles. The van der Waals surface area contributed by atoms with Crippen LogP contribution in [0.3, 0.4) is 0 Å². The molecular weight excluding hydrogens is 318 g/mol. The van der Waals surface area contributed by atoms with E-state index in [2.05, 4.69) is 15.9 Å². The second-order valence-electron chi connectivity index (χ2n) is 4.37. The lowest BCUT2D eigenvalue weighted by Gasteiger charge is -2.24. The van der Waals surface area contributed by atoms with Crippen LogP contribution in [0.1, 0.15) is 31.7 Å². The highest BCUT2D eigenvalue weighted by molar-refractivity contribution is 9.10. The van der Waals surface area contributed by atoms with Crippen LogP contribution in [0.5, 0.6) is 0 Å². The third-order valence-electron chi connectivity index (χ3n) is 2.84. The largest absolute Gasteiger partial charge is 0.480 e. The van der Waals surface area contributed by atoms with Crippen molar-refractivity contribution in [3.8, 4) is 0 Å². The van der Waals surface area contributed by atoms with E-state index in [-0.39, 0.29) is 12.4 Å². The Hall–Kier alpha value is -0.580. The van der Waals surface area contributed by atoms with Gasteiger partial charge in [0, 0.05) is 10.9 Å². The molecule has 18 heavy (non-hydrogen) atoms. The third-order valence-corrected chi connectivity index (χ3v) is 3.36. The molecule has 0 aliphatic rings. The molecule has 0 fully saturated rings. The van der Waals surface area contributed by atoms with Gasteiger partial charge in [-0.05, 0) is 24.1 Å². The first-order valence-electron chi connectivity index (χ1n) is 5.74. The Balaban J connectivity index is 0.00000289. The predicted octanol–water partition coefficient (Wildman–Crippen LogP) is 3.39. The Morgan fingerprint density at radius 2 is 1.94 bits per heavy atom. The molecule has 1 aromatic rings. The zero-order valence-corrected chi connectivity index (χ0v) is 12.8. The number of hydrogen-bond donors (Lipinski definition) is 2. The highest BCUT2D eigenvalue weighted by Crippen LogP contribution is 2.20. The maximum Gasteiger partial charge on any atom is 0.324 e. The first kappa shape index (κ1) is 17.4. The molecule has 3 nitrogen and oxygen atoms in total. The molecule has 0 aromatic heterocycles. The first-order chi connectivity index (χ1) is 7.98. The molecule has 102 valence electrons. The van der Waals surface area contributed by atoms with Gasteiger partial charge in [0.2, 0.25) is 0 Å².